The SMILES string of the molecule is NC(=O)c1cc(C(=O)NCc2ccccn2)ccc1Cl. The average molecular weight is 290 g/mol. The van der Waals surface area contributed by atoms with Crippen molar-refractivity contribution in [3.05, 3.63) is 64.4 Å². The van der Waals surface area contributed by atoms with Crippen LogP contribution in [0.4, 0.5) is 0 Å². The van der Waals surface area contributed by atoms with Gasteiger partial charge in [-0.25, -0.2) is 0 Å². The molecule has 20 heavy (non-hydrogen) atoms. The molecule has 0 fully saturated rings. The second kappa shape index (κ2) is 6.16. The van der Waals surface area contributed by atoms with Crippen LogP contribution in [0.5, 0.6) is 0 Å². The fourth-order valence-corrected chi connectivity index (χ4v) is 1.84. The van der Waals surface area contributed by atoms with Gasteiger partial charge in [0.05, 0.1) is 22.8 Å². The van der Waals surface area contributed by atoms with Crippen molar-refractivity contribution in [2.45, 2.75) is 6.54 Å². The zero-order chi connectivity index (χ0) is 14.5. The minimum atomic E-state index is -0.672. The number of carbonyl (C=O) groups is 2. The number of aromatic nitrogens is 1. The molecule has 1 heterocycles. The van der Waals surface area contributed by atoms with Crippen molar-refractivity contribution in [2.24, 2.45) is 5.73 Å². The Labute approximate surface area is 120 Å². The first-order chi connectivity index (χ1) is 9.58. The van der Waals surface area contributed by atoms with Crippen LogP contribution < -0.4 is 11.1 Å². The zero-order valence-corrected chi connectivity index (χ0v) is 11.2. The lowest BCUT2D eigenvalue weighted by Gasteiger charge is -2.06. The molecule has 102 valence electrons. The molecule has 0 saturated heterocycles. The molecule has 1 aromatic heterocycles. The van der Waals surface area contributed by atoms with Crippen LogP contribution in [0.25, 0.3) is 0 Å². The molecule has 0 spiro atoms. The van der Waals surface area contributed by atoms with Crippen molar-refractivity contribution in [1.29, 1.82) is 0 Å². The second-order valence-electron chi connectivity index (χ2n) is 4.06. The summed E-state index contributed by atoms with van der Waals surface area (Å²) in [6, 6.07) is 9.81. The molecule has 1 aromatic carbocycles. The molecule has 0 unspecified atom stereocenters. The molecule has 2 rings (SSSR count). The Morgan fingerprint density at radius 2 is 2.05 bits per heavy atom. The molecule has 0 aliphatic heterocycles. The maximum atomic E-state index is 12.0. The number of benzene rings is 1. The molecule has 2 aromatic rings. The Bertz CT molecular complexity index is 644. The van der Waals surface area contributed by atoms with Crippen LogP contribution in [0.3, 0.4) is 0 Å². The largest absolute Gasteiger partial charge is 0.366 e. The Kier molecular flexibility index (Phi) is 4.32. The van der Waals surface area contributed by atoms with E-state index in [-0.39, 0.29) is 16.5 Å². The summed E-state index contributed by atoms with van der Waals surface area (Å²) in [5, 5.41) is 2.93. The highest BCUT2D eigenvalue weighted by Crippen LogP contribution is 2.17. The minimum absolute atomic E-state index is 0.122. The third-order valence-corrected chi connectivity index (χ3v) is 2.98. The highest BCUT2D eigenvalue weighted by molar-refractivity contribution is 6.34. The number of hydrogen-bond acceptors (Lipinski definition) is 3. The van der Waals surface area contributed by atoms with Crippen LogP contribution in [0.15, 0.2) is 42.6 Å². The van der Waals surface area contributed by atoms with Crippen molar-refractivity contribution in [2.75, 3.05) is 0 Å². The van der Waals surface area contributed by atoms with Gasteiger partial charge in [0, 0.05) is 11.8 Å². The highest BCUT2D eigenvalue weighted by atomic mass is 35.5. The van der Waals surface area contributed by atoms with Gasteiger partial charge in [-0.1, -0.05) is 17.7 Å². The van der Waals surface area contributed by atoms with Crippen molar-refractivity contribution >= 4 is 23.4 Å². The number of halogens is 1. The molecular formula is C14H12ClN3O2. The summed E-state index contributed by atoms with van der Waals surface area (Å²) < 4.78 is 0. The molecule has 3 N–H and O–H groups in total. The molecular weight excluding hydrogens is 278 g/mol. The van der Waals surface area contributed by atoms with Gasteiger partial charge < -0.3 is 11.1 Å². The number of nitrogens with two attached hydrogens (primary N) is 1. The third kappa shape index (κ3) is 3.33. The van der Waals surface area contributed by atoms with Crippen molar-refractivity contribution < 1.29 is 9.59 Å². The predicted molar refractivity (Wildman–Crippen MR) is 75.4 cm³/mol. The van der Waals surface area contributed by atoms with E-state index in [4.69, 9.17) is 17.3 Å². The Morgan fingerprint density at radius 3 is 2.70 bits per heavy atom. The lowest BCUT2D eigenvalue weighted by Crippen LogP contribution is -2.24. The van der Waals surface area contributed by atoms with E-state index in [0.29, 0.717) is 12.1 Å². The van der Waals surface area contributed by atoms with E-state index in [2.05, 4.69) is 10.3 Å². The smallest absolute Gasteiger partial charge is 0.251 e. The quantitative estimate of drug-likeness (QED) is 0.899. The van der Waals surface area contributed by atoms with E-state index in [1.54, 1.807) is 18.3 Å². The van der Waals surface area contributed by atoms with Crippen LogP contribution in [0.2, 0.25) is 5.02 Å². The first-order valence-electron chi connectivity index (χ1n) is 5.85. The molecule has 0 bridgehead atoms. The number of carbonyl (C=O) groups excluding carboxylic acids is 2. The number of nitrogens with one attached hydrogen (secondary N) is 1. The summed E-state index contributed by atoms with van der Waals surface area (Å²) in [5.41, 5.74) is 6.37. The second-order valence-corrected chi connectivity index (χ2v) is 4.47. The number of amides is 2. The van der Waals surface area contributed by atoms with Crippen molar-refractivity contribution in [3.8, 4) is 0 Å². The van der Waals surface area contributed by atoms with E-state index < -0.39 is 5.91 Å². The first kappa shape index (κ1) is 14.0. The summed E-state index contributed by atoms with van der Waals surface area (Å²) >= 11 is 5.83. The number of primary amides is 1. The molecule has 5 nitrogen and oxygen atoms in total. The Hall–Kier alpha value is -2.40. The lowest BCUT2D eigenvalue weighted by atomic mass is 10.1. The van der Waals surface area contributed by atoms with E-state index in [1.807, 2.05) is 6.07 Å². The normalized spacial score (nSPS) is 10.1. The van der Waals surface area contributed by atoms with Crippen molar-refractivity contribution in [3.63, 3.8) is 0 Å². The van der Waals surface area contributed by atoms with Crippen LogP contribution >= 0.6 is 11.6 Å². The van der Waals surface area contributed by atoms with Crippen LogP contribution in [-0.2, 0) is 6.54 Å². The summed E-state index contributed by atoms with van der Waals surface area (Å²) in [5.74, 6) is -0.996. The molecule has 0 aliphatic carbocycles. The topological polar surface area (TPSA) is 85.1 Å². The van der Waals surface area contributed by atoms with E-state index in [1.165, 1.54) is 18.2 Å². The van der Waals surface area contributed by atoms with Gasteiger partial charge in [-0.05, 0) is 30.3 Å². The molecule has 0 saturated carbocycles. The molecule has 2 amide bonds. The van der Waals surface area contributed by atoms with Crippen LogP contribution in [-0.4, -0.2) is 16.8 Å². The van der Waals surface area contributed by atoms with E-state index in [0.717, 1.165) is 5.69 Å². The van der Waals surface area contributed by atoms with E-state index >= 15 is 0 Å². The maximum Gasteiger partial charge on any atom is 0.251 e. The van der Waals surface area contributed by atoms with Gasteiger partial charge in [0.2, 0.25) is 5.91 Å². The standard InChI is InChI=1S/C14H12ClN3O2/c15-12-5-4-9(7-11(12)13(16)19)14(20)18-8-10-3-1-2-6-17-10/h1-7H,8H2,(H2,16,19)(H,18,20). The van der Waals surface area contributed by atoms with Gasteiger partial charge in [-0.2, -0.15) is 0 Å². The van der Waals surface area contributed by atoms with Crippen molar-refractivity contribution in [1.82, 2.24) is 10.3 Å². The number of pyridine rings is 1. The van der Waals surface area contributed by atoms with E-state index in [9.17, 15) is 9.59 Å². The monoisotopic (exact) mass is 289 g/mol. The number of rotatable bonds is 4. The fraction of sp³-hybridized carbons (Fsp3) is 0.0714. The summed E-state index contributed by atoms with van der Waals surface area (Å²) in [4.78, 5) is 27.2. The predicted octanol–water partition coefficient (Wildman–Crippen LogP) is 1.76. The van der Waals surface area contributed by atoms with Gasteiger partial charge in [-0.3, -0.25) is 14.6 Å². The van der Waals surface area contributed by atoms with Gasteiger partial charge in [0.15, 0.2) is 0 Å². The summed E-state index contributed by atoms with van der Waals surface area (Å²) in [7, 11) is 0. The lowest BCUT2D eigenvalue weighted by molar-refractivity contribution is 0.0950. The van der Waals surface area contributed by atoms with Crippen LogP contribution in [0.1, 0.15) is 26.4 Å². The van der Waals surface area contributed by atoms with Gasteiger partial charge in [0.25, 0.3) is 5.91 Å². The van der Waals surface area contributed by atoms with Gasteiger partial charge in [-0.15, -0.1) is 0 Å². The zero-order valence-electron chi connectivity index (χ0n) is 10.5. The highest BCUT2D eigenvalue weighted by Gasteiger charge is 2.12. The molecule has 6 heteroatoms. The third-order valence-electron chi connectivity index (χ3n) is 2.65. The number of hydrogen-bond donors (Lipinski definition) is 2. The van der Waals surface area contributed by atoms with Gasteiger partial charge in [0.1, 0.15) is 0 Å². The minimum Gasteiger partial charge on any atom is -0.366 e. The molecule has 0 atom stereocenters. The number of nitrogens with zero attached hydrogens (tertiary/aromatic N) is 1. The Morgan fingerprint density at radius 1 is 1.25 bits per heavy atom. The summed E-state index contributed by atoms with van der Waals surface area (Å²) in [6.07, 6.45) is 1.65. The first-order valence-corrected chi connectivity index (χ1v) is 6.23. The molecule has 0 aliphatic rings. The molecule has 0 radical (unpaired) electrons. The Balaban J connectivity index is 2.10. The summed E-state index contributed by atoms with van der Waals surface area (Å²) in [6.45, 7) is 0.300. The van der Waals surface area contributed by atoms with Crippen LogP contribution in [0, 0.1) is 0 Å². The average Bonchev–Trinajstić information content (AvgIpc) is 2.46. The maximum absolute atomic E-state index is 12.0. The fourth-order valence-electron chi connectivity index (χ4n) is 1.63. The van der Waals surface area contributed by atoms with Gasteiger partial charge >= 0.3 is 0 Å².